The van der Waals surface area contributed by atoms with E-state index in [1.807, 2.05) is 9.80 Å². The van der Waals surface area contributed by atoms with Crippen LogP contribution in [0.4, 0.5) is 4.79 Å². The number of urea groups is 1. The van der Waals surface area contributed by atoms with E-state index in [2.05, 4.69) is 26.1 Å². The van der Waals surface area contributed by atoms with Crippen LogP contribution in [-0.2, 0) is 9.53 Å². The van der Waals surface area contributed by atoms with Gasteiger partial charge in [0.2, 0.25) is 0 Å². The molecular formula is C16H29N3O3. The summed E-state index contributed by atoms with van der Waals surface area (Å²) < 4.78 is 5.47. The lowest BCUT2D eigenvalue weighted by molar-refractivity contribution is -0.140. The van der Waals surface area contributed by atoms with Crippen LogP contribution < -0.4 is 5.32 Å². The number of ether oxygens (including phenoxy) is 1. The first kappa shape index (κ1) is 17.1. The van der Waals surface area contributed by atoms with Gasteiger partial charge in [-0.25, -0.2) is 4.79 Å². The van der Waals surface area contributed by atoms with E-state index in [-0.39, 0.29) is 23.5 Å². The second-order valence-electron chi connectivity index (χ2n) is 7.39. The molecular weight excluding hydrogens is 282 g/mol. The predicted molar refractivity (Wildman–Crippen MR) is 84.6 cm³/mol. The smallest absolute Gasteiger partial charge is 0.317 e. The second kappa shape index (κ2) is 7.31. The molecule has 2 aliphatic rings. The Morgan fingerprint density at radius 2 is 1.77 bits per heavy atom. The maximum absolute atomic E-state index is 12.4. The molecule has 22 heavy (non-hydrogen) atoms. The molecule has 0 aromatic carbocycles. The van der Waals surface area contributed by atoms with Gasteiger partial charge in [-0.3, -0.25) is 4.79 Å². The highest BCUT2D eigenvalue weighted by atomic mass is 16.5. The highest BCUT2D eigenvalue weighted by Gasteiger charge is 2.30. The third kappa shape index (κ3) is 4.87. The van der Waals surface area contributed by atoms with Gasteiger partial charge in [-0.05, 0) is 24.7 Å². The predicted octanol–water partition coefficient (Wildman–Crippen LogP) is 1.46. The fourth-order valence-electron chi connectivity index (χ4n) is 2.77. The molecule has 0 saturated carbocycles. The molecule has 1 N–H and O–H groups in total. The molecule has 0 aromatic rings. The van der Waals surface area contributed by atoms with Crippen molar-refractivity contribution in [1.82, 2.24) is 15.1 Å². The van der Waals surface area contributed by atoms with Crippen LogP contribution in [0.1, 0.15) is 40.0 Å². The summed E-state index contributed by atoms with van der Waals surface area (Å²) >= 11 is 0. The molecule has 3 amide bonds. The average molecular weight is 311 g/mol. The molecule has 0 aliphatic carbocycles. The Labute approximate surface area is 133 Å². The lowest BCUT2D eigenvalue weighted by atomic mass is 9.97. The van der Waals surface area contributed by atoms with E-state index < -0.39 is 0 Å². The van der Waals surface area contributed by atoms with Gasteiger partial charge in [0.1, 0.15) is 6.10 Å². The summed E-state index contributed by atoms with van der Waals surface area (Å²) in [6.07, 6.45) is 2.35. The first-order valence-corrected chi connectivity index (χ1v) is 8.30. The number of hydrogen-bond acceptors (Lipinski definition) is 3. The van der Waals surface area contributed by atoms with E-state index in [1.165, 1.54) is 0 Å². The minimum atomic E-state index is -0.263. The van der Waals surface area contributed by atoms with Crippen LogP contribution in [0.5, 0.6) is 0 Å². The first-order valence-electron chi connectivity index (χ1n) is 8.30. The van der Waals surface area contributed by atoms with Gasteiger partial charge in [-0.15, -0.1) is 0 Å². The van der Waals surface area contributed by atoms with Crippen molar-refractivity contribution in [2.45, 2.75) is 46.1 Å². The molecule has 2 rings (SSSR count). The van der Waals surface area contributed by atoms with Crippen LogP contribution in [-0.4, -0.2) is 67.2 Å². The van der Waals surface area contributed by atoms with Crippen LogP contribution in [0, 0.1) is 5.41 Å². The van der Waals surface area contributed by atoms with Crippen LogP contribution in [0.2, 0.25) is 0 Å². The standard InChI is InChI=1S/C16H29N3O3/c1-16(2,3)12-17-15(21)19-8-5-7-18(9-10-19)14(20)13-6-4-11-22-13/h13H,4-12H2,1-3H3,(H,17,21). The molecule has 126 valence electrons. The van der Waals surface area contributed by atoms with Crippen molar-refractivity contribution < 1.29 is 14.3 Å². The van der Waals surface area contributed by atoms with Gasteiger partial charge in [0.25, 0.3) is 5.91 Å². The summed E-state index contributed by atoms with van der Waals surface area (Å²) in [5, 5.41) is 2.98. The van der Waals surface area contributed by atoms with Crippen LogP contribution in [0.3, 0.4) is 0 Å². The number of nitrogens with one attached hydrogen (secondary N) is 1. The maximum Gasteiger partial charge on any atom is 0.317 e. The normalized spacial score (nSPS) is 23.3. The molecule has 0 aromatic heterocycles. The molecule has 1 unspecified atom stereocenters. The fraction of sp³-hybridized carbons (Fsp3) is 0.875. The van der Waals surface area contributed by atoms with Gasteiger partial charge in [0.05, 0.1) is 0 Å². The number of carbonyl (C=O) groups excluding carboxylic acids is 2. The highest BCUT2D eigenvalue weighted by molar-refractivity contribution is 5.81. The summed E-state index contributed by atoms with van der Waals surface area (Å²) in [5.74, 6) is 0.0921. The maximum atomic E-state index is 12.4. The van der Waals surface area contributed by atoms with Crippen LogP contribution in [0.25, 0.3) is 0 Å². The highest BCUT2D eigenvalue weighted by Crippen LogP contribution is 2.16. The quantitative estimate of drug-likeness (QED) is 0.840. The van der Waals surface area contributed by atoms with Crippen LogP contribution in [0.15, 0.2) is 0 Å². The number of nitrogens with zero attached hydrogens (tertiary/aromatic N) is 2. The molecule has 2 fully saturated rings. The number of carbonyl (C=O) groups is 2. The van der Waals surface area contributed by atoms with E-state index >= 15 is 0 Å². The van der Waals surface area contributed by atoms with Gasteiger partial charge in [0, 0.05) is 39.3 Å². The van der Waals surface area contributed by atoms with Crippen molar-refractivity contribution in [2.24, 2.45) is 5.41 Å². The minimum absolute atomic E-state index is 0.0265. The molecule has 1 atom stereocenters. The summed E-state index contributed by atoms with van der Waals surface area (Å²) in [7, 11) is 0. The summed E-state index contributed by atoms with van der Waals surface area (Å²) in [5.41, 5.74) is 0.0727. The third-order valence-corrected chi connectivity index (χ3v) is 4.07. The fourth-order valence-corrected chi connectivity index (χ4v) is 2.77. The van der Waals surface area contributed by atoms with Gasteiger partial charge in [0.15, 0.2) is 0 Å². The SMILES string of the molecule is CC(C)(C)CNC(=O)N1CCCN(C(=O)C2CCCO2)CC1. The minimum Gasteiger partial charge on any atom is -0.368 e. The Morgan fingerprint density at radius 1 is 1.09 bits per heavy atom. The average Bonchev–Trinajstić information content (AvgIpc) is 2.87. The van der Waals surface area contributed by atoms with Crippen LogP contribution >= 0.6 is 0 Å². The first-order chi connectivity index (χ1) is 10.4. The lowest BCUT2D eigenvalue weighted by Crippen LogP contribution is -2.45. The van der Waals surface area contributed by atoms with E-state index in [9.17, 15) is 9.59 Å². The zero-order chi connectivity index (χ0) is 16.2. The summed E-state index contributed by atoms with van der Waals surface area (Å²) in [6.45, 7) is 10.2. The summed E-state index contributed by atoms with van der Waals surface area (Å²) in [4.78, 5) is 28.3. The van der Waals surface area contributed by atoms with Gasteiger partial charge >= 0.3 is 6.03 Å². The number of rotatable bonds is 2. The van der Waals surface area contributed by atoms with Crippen molar-refractivity contribution in [2.75, 3.05) is 39.3 Å². The third-order valence-electron chi connectivity index (χ3n) is 4.07. The molecule has 2 aliphatic heterocycles. The zero-order valence-corrected chi connectivity index (χ0v) is 14.1. The van der Waals surface area contributed by atoms with Crippen molar-refractivity contribution >= 4 is 11.9 Å². The van der Waals surface area contributed by atoms with Crippen molar-refractivity contribution in [1.29, 1.82) is 0 Å². The Bertz CT molecular complexity index is 400. The Balaban J connectivity index is 1.81. The lowest BCUT2D eigenvalue weighted by Gasteiger charge is -2.25. The van der Waals surface area contributed by atoms with Gasteiger partial charge in [-0.1, -0.05) is 20.8 Å². The second-order valence-corrected chi connectivity index (χ2v) is 7.39. The van der Waals surface area contributed by atoms with E-state index in [4.69, 9.17) is 4.74 Å². The Morgan fingerprint density at radius 3 is 2.41 bits per heavy atom. The Hall–Kier alpha value is -1.30. The largest absolute Gasteiger partial charge is 0.368 e. The van der Waals surface area contributed by atoms with Crippen molar-refractivity contribution in [3.05, 3.63) is 0 Å². The van der Waals surface area contributed by atoms with Gasteiger partial charge in [-0.2, -0.15) is 0 Å². The summed E-state index contributed by atoms with van der Waals surface area (Å²) in [6, 6.07) is -0.0265. The van der Waals surface area contributed by atoms with E-state index in [1.54, 1.807) is 0 Å². The number of hydrogen-bond donors (Lipinski definition) is 1. The van der Waals surface area contributed by atoms with Crippen molar-refractivity contribution in [3.8, 4) is 0 Å². The molecule has 0 spiro atoms. The molecule has 2 saturated heterocycles. The zero-order valence-electron chi connectivity index (χ0n) is 14.1. The topological polar surface area (TPSA) is 61.9 Å². The molecule has 2 heterocycles. The molecule has 0 radical (unpaired) electrons. The number of amides is 3. The Kier molecular flexibility index (Phi) is 5.67. The van der Waals surface area contributed by atoms with Crippen molar-refractivity contribution in [3.63, 3.8) is 0 Å². The van der Waals surface area contributed by atoms with E-state index in [0.717, 1.165) is 19.3 Å². The van der Waals surface area contributed by atoms with Gasteiger partial charge < -0.3 is 19.9 Å². The van der Waals surface area contributed by atoms with E-state index in [0.29, 0.717) is 39.3 Å². The molecule has 6 nitrogen and oxygen atoms in total. The molecule has 0 bridgehead atoms. The molecule has 6 heteroatoms. The monoisotopic (exact) mass is 311 g/mol.